The van der Waals surface area contributed by atoms with Gasteiger partial charge in [-0.3, -0.25) is 4.79 Å². The fourth-order valence-corrected chi connectivity index (χ4v) is 4.18. The van der Waals surface area contributed by atoms with Crippen LogP contribution in [0, 0.1) is 10.8 Å². The quantitative estimate of drug-likeness (QED) is 0.199. The second kappa shape index (κ2) is 9.30. The molecule has 0 bridgehead atoms. The molecule has 3 aliphatic rings. The van der Waals surface area contributed by atoms with Gasteiger partial charge in [0.15, 0.2) is 0 Å². The van der Waals surface area contributed by atoms with Gasteiger partial charge >= 0.3 is 0 Å². The first-order valence-electron chi connectivity index (χ1n) is 11.4. The third kappa shape index (κ3) is 6.40. The van der Waals surface area contributed by atoms with Crippen molar-refractivity contribution in [1.29, 1.82) is 0 Å². The van der Waals surface area contributed by atoms with E-state index in [1.54, 1.807) is 0 Å². The first-order chi connectivity index (χ1) is 13.1. The molecule has 0 saturated heterocycles. The number of hydrogen-bond acceptors (Lipinski definition) is 2. The van der Waals surface area contributed by atoms with Crippen LogP contribution in [0.4, 0.5) is 0 Å². The van der Waals surface area contributed by atoms with E-state index in [-0.39, 0.29) is 10.8 Å². The molecule has 0 unspecified atom stereocenters. The van der Waals surface area contributed by atoms with Gasteiger partial charge in [-0.15, -0.1) is 0 Å². The van der Waals surface area contributed by atoms with E-state index < -0.39 is 0 Å². The van der Waals surface area contributed by atoms with Crippen LogP contribution < -0.4 is 5.32 Å². The molecule has 0 aliphatic heterocycles. The minimum atomic E-state index is 0.0317. The predicted octanol–water partition coefficient (Wildman–Crippen LogP) is 6.35. The van der Waals surface area contributed by atoms with Crippen LogP contribution in [0.3, 0.4) is 0 Å². The van der Waals surface area contributed by atoms with Crippen molar-refractivity contribution in [2.45, 2.75) is 109 Å². The number of amides is 1. The van der Waals surface area contributed by atoms with E-state index in [2.05, 4.69) is 24.0 Å². The zero-order valence-electron chi connectivity index (χ0n) is 17.1. The maximum atomic E-state index is 12.2. The maximum Gasteiger partial charge on any atom is 0.226 e. The van der Waals surface area contributed by atoms with Gasteiger partial charge in [-0.1, -0.05) is 44.4 Å². The molecule has 3 nitrogen and oxygen atoms in total. The van der Waals surface area contributed by atoms with Gasteiger partial charge in [0, 0.05) is 16.9 Å². The first-order valence-corrected chi connectivity index (χ1v) is 11.4. The highest BCUT2D eigenvalue weighted by Crippen LogP contribution is 2.54. The molecule has 3 heteroatoms. The van der Waals surface area contributed by atoms with Gasteiger partial charge in [0.2, 0.25) is 5.91 Å². The minimum absolute atomic E-state index is 0.0317. The summed E-state index contributed by atoms with van der Waals surface area (Å²) in [7, 11) is 0. The Kier molecular flexibility index (Phi) is 7.05. The van der Waals surface area contributed by atoms with Crippen LogP contribution in [-0.2, 0) is 4.79 Å². The number of aliphatic hydroxyl groups excluding tert-OH is 1. The van der Waals surface area contributed by atoms with Crippen LogP contribution in [0.2, 0.25) is 0 Å². The Balaban J connectivity index is 1.11. The molecular weight excluding hydrogens is 334 g/mol. The summed E-state index contributed by atoms with van der Waals surface area (Å²) < 4.78 is 0. The van der Waals surface area contributed by atoms with Crippen LogP contribution in [0.25, 0.3) is 0 Å². The van der Waals surface area contributed by atoms with Crippen molar-refractivity contribution in [3.8, 4) is 0 Å². The van der Waals surface area contributed by atoms with Gasteiger partial charge in [0.25, 0.3) is 0 Å². The zero-order valence-corrected chi connectivity index (χ0v) is 17.1. The smallest absolute Gasteiger partial charge is 0.226 e. The van der Waals surface area contributed by atoms with E-state index >= 15 is 0 Å². The van der Waals surface area contributed by atoms with Crippen molar-refractivity contribution in [2.75, 3.05) is 0 Å². The third-order valence-corrected chi connectivity index (χ3v) is 6.93. The predicted molar refractivity (Wildman–Crippen MR) is 112 cm³/mol. The molecule has 1 amide bonds. The summed E-state index contributed by atoms with van der Waals surface area (Å²) in [5.41, 5.74) is 0.130. The lowest BCUT2D eigenvalue weighted by Gasteiger charge is -2.14. The van der Waals surface area contributed by atoms with Crippen molar-refractivity contribution in [2.24, 2.45) is 10.8 Å². The van der Waals surface area contributed by atoms with Crippen molar-refractivity contribution >= 4 is 5.91 Å². The second-order valence-electron chi connectivity index (χ2n) is 9.43. The summed E-state index contributed by atoms with van der Waals surface area (Å²) in [6, 6.07) is 0.505. The molecule has 2 N–H and O–H groups in total. The van der Waals surface area contributed by atoms with Gasteiger partial charge in [0.1, 0.15) is 0 Å². The Hall–Kier alpha value is -1.25. The highest BCUT2D eigenvalue weighted by Gasteiger charge is 2.49. The van der Waals surface area contributed by atoms with Gasteiger partial charge < -0.3 is 10.4 Å². The molecule has 152 valence electrons. The summed E-state index contributed by atoms with van der Waals surface area (Å²) >= 11 is 0. The zero-order chi connectivity index (χ0) is 19.2. The SMILES string of the molecule is C=C(O)C1(CCCC/C=C/CCCCCCC2(C(=O)NC3CC3)CC2)CC1. The largest absolute Gasteiger partial charge is 0.512 e. The summed E-state index contributed by atoms with van der Waals surface area (Å²) in [4.78, 5) is 12.2. The molecule has 0 aromatic heterocycles. The summed E-state index contributed by atoms with van der Waals surface area (Å²) in [6.07, 6.45) is 23.5. The van der Waals surface area contributed by atoms with Gasteiger partial charge in [0.05, 0.1) is 5.76 Å². The molecular formula is C24H39NO2. The molecule has 27 heavy (non-hydrogen) atoms. The standard InChI is InChI=1S/C24H39NO2/c1-20(26)23(16-17-23)14-10-8-6-4-2-3-5-7-9-11-15-24(18-19-24)22(27)25-21-12-13-21/h2,4,21,26H,1,3,5-19H2,(H,25,27)/b4-2+. The molecule has 0 aromatic rings. The number of aliphatic hydroxyl groups is 1. The topological polar surface area (TPSA) is 49.3 Å². The first kappa shape index (κ1) is 20.5. The lowest BCUT2D eigenvalue weighted by Crippen LogP contribution is -2.33. The van der Waals surface area contributed by atoms with Crippen LogP contribution in [0.15, 0.2) is 24.5 Å². The Morgan fingerprint density at radius 3 is 1.96 bits per heavy atom. The fraction of sp³-hybridized carbons (Fsp3) is 0.792. The van der Waals surface area contributed by atoms with E-state index in [0.29, 0.717) is 17.7 Å². The van der Waals surface area contributed by atoms with Crippen molar-refractivity contribution in [3.63, 3.8) is 0 Å². The van der Waals surface area contributed by atoms with Crippen molar-refractivity contribution in [3.05, 3.63) is 24.5 Å². The summed E-state index contributed by atoms with van der Waals surface area (Å²) in [6.45, 7) is 3.72. The average Bonchev–Trinajstić information content (AvgIpc) is 3.50. The van der Waals surface area contributed by atoms with Crippen LogP contribution in [-0.4, -0.2) is 17.1 Å². The van der Waals surface area contributed by atoms with E-state index in [1.165, 1.54) is 57.8 Å². The van der Waals surface area contributed by atoms with E-state index in [9.17, 15) is 9.90 Å². The number of carbonyl (C=O) groups excluding carboxylic acids is 1. The Morgan fingerprint density at radius 1 is 0.889 bits per heavy atom. The normalized spacial score (nSPS) is 21.9. The van der Waals surface area contributed by atoms with E-state index in [4.69, 9.17) is 0 Å². The second-order valence-corrected chi connectivity index (χ2v) is 9.43. The molecule has 0 atom stereocenters. The Labute approximate surface area is 165 Å². The highest BCUT2D eigenvalue weighted by atomic mass is 16.3. The lowest BCUT2D eigenvalue weighted by molar-refractivity contribution is -0.126. The molecule has 3 aliphatic carbocycles. The summed E-state index contributed by atoms with van der Waals surface area (Å²) in [5, 5.41) is 12.8. The molecule has 0 heterocycles. The molecule has 0 radical (unpaired) electrons. The van der Waals surface area contributed by atoms with Crippen LogP contribution >= 0.6 is 0 Å². The molecule has 0 aromatic carbocycles. The van der Waals surface area contributed by atoms with Crippen molar-refractivity contribution < 1.29 is 9.90 Å². The third-order valence-electron chi connectivity index (χ3n) is 6.93. The van der Waals surface area contributed by atoms with Crippen LogP contribution in [0.1, 0.15) is 103 Å². The van der Waals surface area contributed by atoms with E-state index in [1.807, 2.05) is 0 Å². The molecule has 3 rings (SSSR count). The molecule has 3 fully saturated rings. The number of unbranched alkanes of at least 4 members (excludes halogenated alkanes) is 6. The number of carbonyl (C=O) groups is 1. The van der Waals surface area contributed by atoms with Gasteiger partial charge in [-0.2, -0.15) is 0 Å². The minimum Gasteiger partial charge on any atom is -0.512 e. The van der Waals surface area contributed by atoms with Crippen LogP contribution in [0.5, 0.6) is 0 Å². The molecule has 3 saturated carbocycles. The Bertz CT molecular complexity index is 539. The monoisotopic (exact) mass is 373 g/mol. The van der Waals surface area contributed by atoms with Gasteiger partial charge in [-0.25, -0.2) is 0 Å². The number of rotatable bonds is 15. The highest BCUT2D eigenvalue weighted by molar-refractivity contribution is 5.85. The number of nitrogens with one attached hydrogen (secondary N) is 1. The average molecular weight is 374 g/mol. The number of hydrogen-bond donors (Lipinski definition) is 2. The van der Waals surface area contributed by atoms with E-state index in [0.717, 1.165) is 44.9 Å². The Morgan fingerprint density at radius 2 is 1.41 bits per heavy atom. The maximum absolute atomic E-state index is 12.2. The molecule has 0 spiro atoms. The fourth-order valence-electron chi connectivity index (χ4n) is 4.18. The van der Waals surface area contributed by atoms with Crippen molar-refractivity contribution in [1.82, 2.24) is 5.32 Å². The number of allylic oxidation sites excluding steroid dienone is 3. The van der Waals surface area contributed by atoms with Gasteiger partial charge in [-0.05, 0) is 77.0 Å². The lowest BCUT2D eigenvalue weighted by atomic mass is 9.96. The summed E-state index contributed by atoms with van der Waals surface area (Å²) in [5.74, 6) is 0.762.